The number of fused-ring (bicyclic) bond motifs is 1. The molecule has 4 aliphatic rings. The molecule has 4 fully saturated rings. The molecular formula is C55H62F3N9O8S. The Morgan fingerprint density at radius 3 is 2.46 bits per heavy atom. The molecule has 21 heteroatoms. The van der Waals surface area contributed by atoms with Gasteiger partial charge in [-0.05, 0) is 98.7 Å². The zero-order chi connectivity index (χ0) is 53.7. The number of hydrogen-bond acceptors (Lipinski definition) is 14. The molecule has 4 N–H and O–H groups in total. The van der Waals surface area contributed by atoms with Crippen LogP contribution >= 0.6 is 0 Å². The normalized spacial score (nSPS) is 21.8. The number of H-pyrrole nitrogens is 1. The van der Waals surface area contributed by atoms with Gasteiger partial charge in [0, 0.05) is 99.8 Å². The molecule has 0 radical (unpaired) electrons. The molecule has 10 rings (SSSR count). The van der Waals surface area contributed by atoms with Crippen molar-refractivity contribution < 1.29 is 45.9 Å². The van der Waals surface area contributed by atoms with Gasteiger partial charge >= 0.3 is 5.69 Å². The Labute approximate surface area is 439 Å². The number of nitro groups is 1. The van der Waals surface area contributed by atoms with E-state index in [1.54, 1.807) is 32.0 Å². The van der Waals surface area contributed by atoms with Crippen LogP contribution in [0.4, 0.5) is 30.4 Å². The summed E-state index contributed by atoms with van der Waals surface area (Å²) in [6, 6.07) is 19.9. The largest absolute Gasteiger partial charge is 0.475 e. The second-order valence-electron chi connectivity index (χ2n) is 21.6. The SMILES string of the molecule is CCOc1nc2[nH]cc(F)c2cc1Oc1cc(N2CC3(C2)CN(C2CCN(Cc4ccc(F)c(F)c4)CC2c2ccccc2C(C)C)C3)ccc1C(=O)NS(=O)(=O)c1cnc(NCC2CCC(C)(O)CC2)c([N+](=O)[O-])c1. The lowest BCUT2D eigenvalue weighted by Gasteiger charge is -2.64. The minimum atomic E-state index is -4.77. The molecule has 3 aromatic carbocycles. The van der Waals surface area contributed by atoms with E-state index in [1.165, 1.54) is 35.4 Å². The Morgan fingerprint density at radius 1 is 0.974 bits per heavy atom. The van der Waals surface area contributed by atoms with Crippen molar-refractivity contribution in [2.45, 2.75) is 94.7 Å². The Bertz CT molecular complexity index is 3280. The molecule has 1 amide bonds. The lowest BCUT2D eigenvalue weighted by Crippen LogP contribution is -2.74. The van der Waals surface area contributed by atoms with Crippen LogP contribution in [-0.4, -0.2) is 113 Å². The number of carbonyl (C=O) groups is 1. The predicted molar refractivity (Wildman–Crippen MR) is 280 cm³/mol. The Balaban J connectivity index is 0.875. The molecule has 0 bridgehead atoms. The number of carbonyl (C=O) groups excluding carboxylic acids is 1. The van der Waals surface area contributed by atoms with E-state index in [0.29, 0.717) is 63.5 Å². The first-order valence-electron chi connectivity index (χ1n) is 25.8. The molecule has 402 valence electrons. The number of hydrogen-bond donors (Lipinski definition) is 4. The minimum absolute atomic E-state index is 0.00866. The number of likely N-dealkylation sites (tertiary alicyclic amines) is 2. The summed E-state index contributed by atoms with van der Waals surface area (Å²) in [5.74, 6) is -3.12. The number of pyridine rings is 2. The third kappa shape index (κ3) is 10.9. The molecule has 17 nitrogen and oxygen atoms in total. The fourth-order valence-electron chi connectivity index (χ4n) is 11.6. The van der Waals surface area contributed by atoms with E-state index in [9.17, 15) is 41.6 Å². The Kier molecular flexibility index (Phi) is 14.5. The quantitative estimate of drug-likeness (QED) is 0.0496. The molecule has 2 unspecified atom stereocenters. The topological polar surface area (TPSA) is 208 Å². The number of amides is 1. The van der Waals surface area contributed by atoms with Gasteiger partial charge in [-0.2, -0.15) is 4.98 Å². The summed E-state index contributed by atoms with van der Waals surface area (Å²) < 4.78 is 85.0. The van der Waals surface area contributed by atoms with Crippen LogP contribution in [0.2, 0.25) is 0 Å². The van der Waals surface area contributed by atoms with Gasteiger partial charge in [0.05, 0.1) is 34.3 Å². The van der Waals surface area contributed by atoms with Crippen LogP contribution in [0.1, 0.15) is 98.7 Å². The van der Waals surface area contributed by atoms with Crippen molar-refractivity contribution in [1.82, 2.24) is 29.5 Å². The number of aromatic nitrogens is 3. The van der Waals surface area contributed by atoms with Gasteiger partial charge in [0.2, 0.25) is 5.82 Å². The van der Waals surface area contributed by atoms with Crippen molar-refractivity contribution in [1.29, 1.82) is 0 Å². The molecule has 76 heavy (non-hydrogen) atoms. The molecule has 2 atom stereocenters. The summed E-state index contributed by atoms with van der Waals surface area (Å²) in [4.78, 5) is 43.4. The van der Waals surface area contributed by atoms with Crippen LogP contribution in [0.3, 0.4) is 0 Å². The number of aromatic amines is 1. The van der Waals surface area contributed by atoms with Gasteiger partial charge in [0.1, 0.15) is 22.1 Å². The fourth-order valence-corrected chi connectivity index (χ4v) is 12.5. The van der Waals surface area contributed by atoms with E-state index in [1.807, 2.05) is 4.72 Å². The van der Waals surface area contributed by atoms with Gasteiger partial charge in [-0.15, -0.1) is 0 Å². The van der Waals surface area contributed by atoms with Crippen LogP contribution in [0.5, 0.6) is 17.4 Å². The molecule has 3 aromatic heterocycles. The summed E-state index contributed by atoms with van der Waals surface area (Å²) >= 11 is 0. The molecule has 3 aliphatic heterocycles. The summed E-state index contributed by atoms with van der Waals surface area (Å²) in [6.07, 6.45) is 5.52. The molecule has 6 aromatic rings. The highest BCUT2D eigenvalue weighted by molar-refractivity contribution is 7.90. The number of nitrogens with one attached hydrogen (secondary N) is 3. The van der Waals surface area contributed by atoms with E-state index < -0.39 is 54.5 Å². The van der Waals surface area contributed by atoms with Crippen molar-refractivity contribution in [3.05, 3.63) is 135 Å². The highest BCUT2D eigenvalue weighted by Crippen LogP contribution is 2.48. The number of anilines is 2. The molecule has 1 spiro atoms. The smallest absolute Gasteiger partial charge is 0.312 e. The maximum absolute atomic E-state index is 15.0. The van der Waals surface area contributed by atoms with Gasteiger partial charge in [-0.25, -0.2) is 31.3 Å². The number of piperidine rings is 1. The number of aliphatic hydroxyl groups is 1. The standard InChI is InChI=1S/C55H62F3N9O8S/c1-5-74-53-49(23-41-45(58)26-61-50(41)62-53)75-48-21-36(11-12-40(48)52(68)63-76(72,73)37-22-47(67(70)71)51(60-25-37)59-24-34-14-17-54(4,69)18-15-34)65-29-55(30-65)31-66(32-55)46-16-19-64(27-35-10-13-43(56)44(57)20-35)28-42(46)39-9-7-6-8-38(39)33(2)3/h6-13,20-23,25-26,33-34,42,46,69H,5,14-19,24,27-32H2,1-4H3,(H,59,60)(H,61,62)(H,63,68). The fraction of sp³-hybridized carbons (Fsp3) is 0.436. The predicted octanol–water partition coefficient (Wildman–Crippen LogP) is 9.25. The minimum Gasteiger partial charge on any atom is -0.475 e. The monoisotopic (exact) mass is 1070 g/mol. The zero-order valence-electron chi connectivity index (χ0n) is 42.8. The molecular weight excluding hydrogens is 1000 g/mol. The maximum Gasteiger partial charge on any atom is 0.312 e. The molecule has 6 heterocycles. The highest BCUT2D eigenvalue weighted by Gasteiger charge is 2.55. The zero-order valence-corrected chi connectivity index (χ0v) is 43.6. The molecule has 3 saturated heterocycles. The van der Waals surface area contributed by atoms with Gasteiger partial charge in [0.25, 0.3) is 21.8 Å². The second kappa shape index (κ2) is 21.0. The molecule has 1 aliphatic carbocycles. The van der Waals surface area contributed by atoms with Gasteiger partial charge < -0.3 is 29.8 Å². The van der Waals surface area contributed by atoms with Crippen LogP contribution < -0.4 is 24.4 Å². The van der Waals surface area contributed by atoms with Crippen LogP contribution in [0, 0.1) is 38.9 Å². The highest BCUT2D eigenvalue weighted by atomic mass is 32.2. The third-order valence-electron chi connectivity index (χ3n) is 15.6. The van der Waals surface area contributed by atoms with Crippen LogP contribution in [-0.2, 0) is 16.6 Å². The maximum atomic E-state index is 15.0. The number of sulfonamides is 1. The average Bonchev–Trinajstić information content (AvgIpc) is 3.78. The van der Waals surface area contributed by atoms with Crippen molar-refractivity contribution in [2.75, 3.05) is 62.6 Å². The van der Waals surface area contributed by atoms with Gasteiger partial charge in [-0.3, -0.25) is 24.7 Å². The molecule has 1 saturated carbocycles. The lowest BCUT2D eigenvalue weighted by atomic mass is 9.69. The number of benzene rings is 3. The van der Waals surface area contributed by atoms with E-state index in [2.05, 4.69) is 73.1 Å². The summed E-state index contributed by atoms with van der Waals surface area (Å²) in [6.45, 7) is 13.5. The second-order valence-corrected chi connectivity index (χ2v) is 23.3. The lowest BCUT2D eigenvalue weighted by molar-refractivity contribution is -0.384. The van der Waals surface area contributed by atoms with Gasteiger partial charge in [0.15, 0.2) is 17.4 Å². The van der Waals surface area contributed by atoms with Crippen molar-refractivity contribution in [3.8, 4) is 17.4 Å². The average molecular weight is 1070 g/mol. The summed E-state index contributed by atoms with van der Waals surface area (Å²) in [7, 11) is -4.77. The Morgan fingerprint density at radius 2 is 1.74 bits per heavy atom. The summed E-state index contributed by atoms with van der Waals surface area (Å²) in [5, 5.41) is 25.6. The van der Waals surface area contributed by atoms with Crippen LogP contribution in [0.25, 0.3) is 11.0 Å². The number of ether oxygens (including phenoxy) is 2. The van der Waals surface area contributed by atoms with Crippen LogP contribution in [0.15, 0.2) is 90.1 Å². The first kappa shape index (κ1) is 52.6. The third-order valence-corrected chi connectivity index (χ3v) is 16.9. The van der Waals surface area contributed by atoms with E-state index >= 15 is 0 Å². The van der Waals surface area contributed by atoms with Crippen molar-refractivity contribution >= 4 is 44.2 Å². The van der Waals surface area contributed by atoms with E-state index in [4.69, 9.17) is 9.47 Å². The van der Waals surface area contributed by atoms with E-state index in [0.717, 1.165) is 56.6 Å². The number of rotatable bonds is 17. The number of halogens is 3. The van der Waals surface area contributed by atoms with E-state index in [-0.39, 0.29) is 69.7 Å². The first-order valence-corrected chi connectivity index (χ1v) is 27.3. The van der Waals surface area contributed by atoms with Gasteiger partial charge in [-0.1, -0.05) is 44.2 Å². The van der Waals surface area contributed by atoms with Crippen molar-refractivity contribution in [2.24, 2.45) is 11.3 Å². The Hall–Kier alpha value is -6.81. The van der Waals surface area contributed by atoms with Crippen molar-refractivity contribution in [3.63, 3.8) is 0 Å². The first-order chi connectivity index (χ1) is 36.3. The number of nitrogens with zero attached hydrogens (tertiary/aromatic N) is 6. The summed E-state index contributed by atoms with van der Waals surface area (Å²) in [5.41, 5.74) is 2.57.